The molecule has 1 heterocycles. The van der Waals surface area contributed by atoms with E-state index in [4.69, 9.17) is 0 Å². The Morgan fingerprint density at radius 1 is 1.33 bits per heavy atom. The second-order valence-electron chi connectivity index (χ2n) is 2.47. The summed E-state index contributed by atoms with van der Waals surface area (Å²) >= 11 is -0.0809. The topological polar surface area (TPSA) is 56.0 Å². The van der Waals surface area contributed by atoms with E-state index in [1.165, 1.54) is 0 Å². The van der Waals surface area contributed by atoms with Crippen LogP contribution in [0.25, 0.3) is 0 Å². The zero-order chi connectivity index (χ0) is 11.9. The van der Waals surface area contributed by atoms with Crippen molar-refractivity contribution in [3.8, 4) is 0 Å². The number of carbonyl (C=O) groups is 1. The third kappa shape index (κ3) is 2.06. The molecule has 9 heteroatoms. The van der Waals surface area contributed by atoms with Crippen molar-refractivity contribution < 1.29 is 26.7 Å². The van der Waals surface area contributed by atoms with E-state index in [-0.39, 0.29) is 11.3 Å². The molecular formula is C6H3F5N2OS. The summed E-state index contributed by atoms with van der Waals surface area (Å²) in [7, 11) is 0. The van der Waals surface area contributed by atoms with Crippen molar-refractivity contribution in [3.63, 3.8) is 0 Å². The van der Waals surface area contributed by atoms with Gasteiger partial charge in [-0.15, -0.1) is 11.3 Å². The fourth-order valence-corrected chi connectivity index (χ4v) is 1.42. The van der Waals surface area contributed by atoms with E-state index < -0.39 is 27.9 Å². The van der Waals surface area contributed by atoms with Crippen molar-refractivity contribution in [1.29, 1.82) is 0 Å². The van der Waals surface area contributed by atoms with Crippen LogP contribution in [-0.2, 0) is 5.92 Å². The number of thiazole rings is 1. The predicted octanol–water partition coefficient (Wildman–Crippen LogP) is 1.90. The van der Waals surface area contributed by atoms with Gasteiger partial charge in [-0.1, -0.05) is 0 Å². The summed E-state index contributed by atoms with van der Waals surface area (Å²) < 4.78 is 60.7. The molecule has 0 aromatic carbocycles. The summed E-state index contributed by atoms with van der Waals surface area (Å²) in [5, 5.41) is -1.50. The average molecular weight is 246 g/mol. The second kappa shape index (κ2) is 3.40. The highest BCUT2D eigenvalue weighted by Gasteiger charge is 2.60. The van der Waals surface area contributed by atoms with Crippen LogP contribution in [0.5, 0.6) is 0 Å². The molecule has 0 radical (unpaired) electrons. The van der Waals surface area contributed by atoms with Gasteiger partial charge in [-0.2, -0.15) is 22.0 Å². The summed E-state index contributed by atoms with van der Waals surface area (Å²) in [5.74, 6) is -6.16. The average Bonchev–Trinajstić information content (AvgIpc) is 2.49. The van der Waals surface area contributed by atoms with E-state index in [9.17, 15) is 26.7 Å². The predicted molar refractivity (Wildman–Crippen MR) is 40.6 cm³/mol. The van der Waals surface area contributed by atoms with E-state index in [1.54, 1.807) is 0 Å². The van der Waals surface area contributed by atoms with Crippen LogP contribution in [-0.4, -0.2) is 17.1 Å². The van der Waals surface area contributed by atoms with Crippen molar-refractivity contribution in [1.82, 2.24) is 4.98 Å². The van der Waals surface area contributed by atoms with E-state index in [0.717, 1.165) is 0 Å². The van der Waals surface area contributed by atoms with Crippen LogP contribution in [0.2, 0.25) is 0 Å². The molecule has 84 valence electrons. The first-order chi connectivity index (χ1) is 6.66. The van der Waals surface area contributed by atoms with Gasteiger partial charge in [0.05, 0.1) is 6.20 Å². The fraction of sp³-hybridized carbons (Fsp3) is 0.333. The highest BCUT2D eigenvalue weighted by molar-refractivity contribution is 7.13. The maximum absolute atomic E-state index is 12.6. The number of rotatable bonds is 2. The van der Waals surface area contributed by atoms with Gasteiger partial charge in [0.15, 0.2) is 5.01 Å². The lowest BCUT2D eigenvalue weighted by Crippen LogP contribution is -2.33. The molecule has 0 aliphatic rings. The molecule has 1 amide bonds. The van der Waals surface area contributed by atoms with Gasteiger partial charge in [-0.05, 0) is 0 Å². The quantitative estimate of drug-likeness (QED) is 0.810. The van der Waals surface area contributed by atoms with Gasteiger partial charge >= 0.3 is 12.1 Å². The Kier molecular flexibility index (Phi) is 2.68. The summed E-state index contributed by atoms with van der Waals surface area (Å²) in [6.45, 7) is 0. The molecule has 0 unspecified atom stereocenters. The van der Waals surface area contributed by atoms with E-state index in [2.05, 4.69) is 10.7 Å². The number of hydrogen-bond acceptors (Lipinski definition) is 3. The molecule has 0 saturated carbocycles. The van der Waals surface area contributed by atoms with Crippen molar-refractivity contribution in [3.05, 3.63) is 16.1 Å². The zero-order valence-corrected chi connectivity index (χ0v) is 7.62. The molecule has 0 spiro atoms. The van der Waals surface area contributed by atoms with Crippen LogP contribution in [0.1, 0.15) is 14.7 Å². The van der Waals surface area contributed by atoms with Crippen molar-refractivity contribution >= 4 is 17.2 Å². The first kappa shape index (κ1) is 11.8. The van der Waals surface area contributed by atoms with Crippen LogP contribution >= 0.6 is 11.3 Å². The Morgan fingerprint density at radius 3 is 2.20 bits per heavy atom. The molecule has 1 aromatic rings. The largest absolute Gasteiger partial charge is 0.460 e. The summed E-state index contributed by atoms with van der Waals surface area (Å²) in [5.41, 5.74) is 4.68. The summed E-state index contributed by atoms with van der Waals surface area (Å²) in [6, 6.07) is 0. The minimum atomic E-state index is -5.74. The van der Waals surface area contributed by atoms with Gasteiger partial charge in [-0.3, -0.25) is 4.79 Å². The summed E-state index contributed by atoms with van der Waals surface area (Å²) in [4.78, 5) is 12.8. The van der Waals surface area contributed by atoms with Gasteiger partial charge in [0, 0.05) is 0 Å². The summed E-state index contributed by atoms with van der Waals surface area (Å²) in [6.07, 6.45) is -5.15. The van der Waals surface area contributed by atoms with Crippen molar-refractivity contribution in [2.75, 3.05) is 0 Å². The van der Waals surface area contributed by atoms with Crippen LogP contribution in [0.15, 0.2) is 6.20 Å². The van der Waals surface area contributed by atoms with Crippen molar-refractivity contribution in [2.45, 2.75) is 12.1 Å². The Balaban J connectivity index is 3.11. The maximum Gasteiger partial charge on any atom is 0.460 e. The molecule has 0 saturated heterocycles. The first-order valence-electron chi connectivity index (χ1n) is 3.37. The number of amides is 1. The van der Waals surface area contributed by atoms with Crippen LogP contribution in [0.3, 0.4) is 0 Å². The molecule has 0 fully saturated rings. The maximum atomic E-state index is 12.6. The molecule has 0 atom stereocenters. The smallest absolute Gasteiger partial charge is 0.365 e. The van der Waals surface area contributed by atoms with Gasteiger partial charge in [0.1, 0.15) is 4.88 Å². The molecule has 1 rings (SSSR count). The first-order valence-corrected chi connectivity index (χ1v) is 4.18. The molecule has 3 nitrogen and oxygen atoms in total. The molecule has 2 N–H and O–H groups in total. The minimum absolute atomic E-state index is 0.0809. The monoisotopic (exact) mass is 246 g/mol. The fourth-order valence-electron chi connectivity index (χ4n) is 0.654. The van der Waals surface area contributed by atoms with Gasteiger partial charge in [0.2, 0.25) is 0 Å². The lowest BCUT2D eigenvalue weighted by atomic mass is 10.3. The number of carbonyl (C=O) groups excluding carboxylic acids is 1. The lowest BCUT2D eigenvalue weighted by Gasteiger charge is -2.16. The van der Waals surface area contributed by atoms with Crippen LogP contribution < -0.4 is 5.73 Å². The molecule has 0 aliphatic heterocycles. The normalized spacial score (nSPS) is 12.9. The Morgan fingerprint density at radius 2 is 1.87 bits per heavy atom. The van der Waals surface area contributed by atoms with E-state index in [1.807, 2.05) is 0 Å². The Bertz CT molecular complexity index is 385. The van der Waals surface area contributed by atoms with E-state index in [0.29, 0.717) is 6.20 Å². The van der Waals surface area contributed by atoms with Crippen molar-refractivity contribution in [2.24, 2.45) is 5.73 Å². The van der Waals surface area contributed by atoms with Crippen LogP contribution in [0, 0.1) is 0 Å². The van der Waals surface area contributed by atoms with E-state index >= 15 is 0 Å². The minimum Gasteiger partial charge on any atom is -0.365 e. The Labute approximate surface area is 83.7 Å². The zero-order valence-electron chi connectivity index (χ0n) is 6.81. The number of nitrogens with zero attached hydrogens (tertiary/aromatic N) is 1. The number of hydrogen-bond donors (Lipinski definition) is 1. The molecular weight excluding hydrogens is 243 g/mol. The molecule has 0 aliphatic carbocycles. The lowest BCUT2D eigenvalue weighted by molar-refractivity contribution is -0.289. The number of nitrogens with two attached hydrogens (primary N) is 1. The van der Waals surface area contributed by atoms with Gasteiger partial charge in [0.25, 0.3) is 5.91 Å². The Hall–Kier alpha value is -1.25. The van der Waals surface area contributed by atoms with Crippen LogP contribution in [0.4, 0.5) is 22.0 Å². The molecule has 15 heavy (non-hydrogen) atoms. The number of alkyl halides is 5. The SMILES string of the molecule is NC(=O)c1cnc(C(F)(F)C(F)(F)F)s1. The number of aromatic nitrogens is 1. The number of primary amides is 1. The number of halogens is 5. The molecule has 0 bridgehead atoms. The van der Waals surface area contributed by atoms with Gasteiger partial charge in [-0.25, -0.2) is 4.98 Å². The highest BCUT2D eigenvalue weighted by Crippen LogP contribution is 2.44. The highest BCUT2D eigenvalue weighted by atomic mass is 32.1. The second-order valence-corrected chi connectivity index (χ2v) is 3.50. The van der Waals surface area contributed by atoms with Gasteiger partial charge < -0.3 is 5.73 Å². The third-order valence-corrected chi connectivity index (χ3v) is 2.45. The molecule has 1 aromatic heterocycles. The standard InChI is InChI=1S/C6H3F5N2OS/c7-5(8,6(9,10)11)4-13-1-2(15-4)3(12)14/h1H,(H2,12,14). The third-order valence-electron chi connectivity index (χ3n) is 1.37.